The van der Waals surface area contributed by atoms with Crippen LogP contribution in [-0.4, -0.2) is 54.4 Å². The molecule has 10 heteroatoms. The molecule has 0 saturated carbocycles. The maximum atomic E-state index is 10.7. The van der Waals surface area contributed by atoms with Gasteiger partial charge in [0.05, 0.1) is 5.69 Å². The largest absolute Gasteiger partial charge is 0.506 e. The van der Waals surface area contributed by atoms with Crippen LogP contribution >= 0.6 is 0 Å². The van der Waals surface area contributed by atoms with Gasteiger partial charge >= 0.3 is 17.9 Å². The number of hydrogen-bond acceptors (Lipinski definition) is 5. The highest BCUT2D eigenvalue weighted by atomic mass is 16.4. The van der Waals surface area contributed by atoms with Gasteiger partial charge in [0.15, 0.2) is 0 Å². The molecule has 2 aromatic rings. The molecular weight excluding hydrogens is 336 g/mol. The lowest BCUT2D eigenvalue weighted by molar-refractivity contribution is -0.159. The third kappa shape index (κ3) is 6.72. The number of hydrogen-bond donors (Lipinski definition) is 5. The molecule has 2 rings (SSSR count). The fourth-order valence-electron chi connectivity index (χ4n) is 1.74. The molecule has 0 aliphatic rings. The predicted octanol–water partition coefficient (Wildman–Crippen LogP) is -0.532. The first-order chi connectivity index (χ1) is 11.2. The number of nitrogens with two attached hydrogens (primary N) is 1. The molecule has 0 fully saturated rings. The highest BCUT2D eigenvalue weighted by Gasteiger charge is 2.13. The van der Waals surface area contributed by atoms with Crippen molar-refractivity contribution in [3.63, 3.8) is 0 Å². The molecule has 1 heterocycles. The predicted molar refractivity (Wildman–Crippen MR) is 85.6 cm³/mol. The zero-order valence-corrected chi connectivity index (χ0v) is 12.9. The van der Waals surface area contributed by atoms with E-state index in [1.807, 2.05) is 12.1 Å². The number of aromatic hydroxyl groups is 1. The average Bonchev–Trinajstić information content (AvgIpc) is 3.03. The lowest BCUT2D eigenvalue weighted by atomic mass is 10.1. The van der Waals surface area contributed by atoms with E-state index in [0.717, 1.165) is 5.56 Å². The van der Waals surface area contributed by atoms with Crippen LogP contribution in [0.5, 0.6) is 5.75 Å². The van der Waals surface area contributed by atoms with Crippen LogP contribution in [0, 0.1) is 0 Å². The molecule has 0 radical (unpaired) electrons. The minimum atomic E-state index is -1.82. The van der Waals surface area contributed by atoms with E-state index >= 15 is 0 Å². The second-order valence-corrected chi connectivity index (χ2v) is 4.67. The molecule has 1 aromatic carbocycles. The SMILES string of the molecule is NC(Cc1ccc(O)c(-n2cccc2)c1)C(=O)O.O.O=C(O)C(=O)O. The van der Waals surface area contributed by atoms with Gasteiger partial charge in [-0.2, -0.15) is 0 Å². The molecule has 1 aromatic heterocycles. The van der Waals surface area contributed by atoms with Crippen molar-refractivity contribution in [3.8, 4) is 11.4 Å². The number of carbonyl (C=O) groups is 3. The Kier molecular flexibility index (Phi) is 8.39. The van der Waals surface area contributed by atoms with Crippen LogP contribution in [-0.2, 0) is 20.8 Å². The number of phenolic OH excluding ortho intramolecular Hbond substituents is 1. The van der Waals surface area contributed by atoms with Crippen molar-refractivity contribution in [2.75, 3.05) is 0 Å². The minimum absolute atomic E-state index is 0. The van der Waals surface area contributed by atoms with Crippen LogP contribution in [0.4, 0.5) is 0 Å². The van der Waals surface area contributed by atoms with E-state index in [1.54, 1.807) is 35.2 Å². The van der Waals surface area contributed by atoms with Gasteiger partial charge in [-0.3, -0.25) is 4.79 Å². The number of rotatable bonds is 4. The average molecular weight is 354 g/mol. The summed E-state index contributed by atoms with van der Waals surface area (Å²) in [6.45, 7) is 0. The summed E-state index contributed by atoms with van der Waals surface area (Å²) >= 11 is 0. The summed E-state index contributed by atoms with van der Waals surface area (Å²) in [4.78, 5) is 28.9. The maximum Gasteiger partial charge on any atom is 0.414 e. The van der Waals surface area contributed by atoms with Crippen LogP contribution in [0.25, 0.3) is 5.69 Å². The van der Waals surface area contributed by atoms with Crippen molar-refractivity contribution >= 4 is 17.9 Å². The highest BCUT2D eigenvalue weighted by molar-refractivity contribution is 6.27. The molecule has 0 spiro atoms. The number of carboxylic acids is 3. The first-order valence-corrected chi connectivity index (χ1v) is 6.62. The summed E-state index contributed by atoms with van der Waals surface area (Å²) in [5, 5.41) is 33.3. The van der Waals surface area contributed by atoms with Gasteiger partial charge in [0.25, 0.3) is 0 Å². The van der Waals surface area contributed by atoms with Crippen LogP contribution in [0.15, 0.2) is 42.7 Å². The van der Waals surface area contributed by atoms with Gasteiger partial charge in [-0.25, -0.2) is 9.59 Å². The fourth-order valence-corrected chi connectivity index (χ4v) is 1.74. The van der Waals surface area contributed by atoms with Crippen LogP contribution in [0.3, 0.4) is 0 Å². The molecule has 0 aliphatic heterocycles. The Morgan fingerprint density at radius 2 is 1.56 bits per heavy atom. The highest BCUT2D eigenvalue weighted by Crippen LogP contribution is 2.23. The molecule has 1 unspecified atom stereocenters. The van der Waals surface area contributed by atoms with E-state index in [9.17, 15) is 9.90 Å². The summed E-state index contributed by atoms with van der Waals surface area (Å²) in [6, 6.07) is 7.69. The molecule has 0 amide bonds. The van der Waals surface area contributed by atoms with Crippen molar-refractivity contribution in [3.05, 3.63) is 48.3 Å². The summed E-state index contributed by atoms with van der Waals surface area (Å²) in [6.07, 6.45) is 3.83. The first kappa shape index (κ1) is 21.6. The number of nitrogens with zero attached hydrogens (tertiary/aromatic N) is 1. The number of aliphatic carboxylic acids is 3. The summed E-state index contributed by atoms with van der Waals surface area (Å²) in [5.74, 6) is -4.55. The molecule has 0 aliphatic carbocycles. The lowest BCUT2D eigenvalue weighted by Gasteiger charge is -2.10. The molecule has 136 valence electrons. The molecule has 25 heavy (non-hydrogen) atoms. The van der Waals surface area contributed by atoms with Gasteiger partial charge in [0.2, 0.25) is 0 Å². The van der Waals surface area contributed by atoms with E-state index < -0.39 is 23.9 Å². The Morgan fingerprint density at radius 3 is 2.00 bits per heavy atom. The van der Waals surface area contributed by atoms with Crippen LogP contribution in [0.2, 0.25) is 0 Å². The number of phenols is 1. The Balaban J connectivity index is 0.000000715. The standard InChI is InChI=1S/C13H14N2O3.C2H2O4.H2O/c14-10(13(17)18)7-9-3-4-12(16)11(8-9)15-5-1-2-6-15;3-1(4)2(5)6;/h1-6,8,10,16H,7,14H2,(H,17,18);(H,3,4)(H,5,6);1H2. The Morgan fingerprint density at radius 1 is 1.04 bits per heavy atom. The summed E-state index contributed by atoms with van der Waals surface area (Å²) in [5.41, 5.74) is 6.86. The van der Waals surface area contributed by atoms with Gasteiger partial charge in [-0.05, 0) is 36.2 Å². The molecule has 0 saturated heterocycles. The zero-order chi connectivity index (χ0) is 18.3. The maximum absolute atomic E-state index is 10.7. The third-order valence-electron chi connectivity index (χ3n) is 2.88. The number of benzene rings is 1. The fraction of sp³-hybridized carbons (Fsp3) is 0.133. The van der Waals surface area contributed by atoms with Crippen molar-refractivity contribution in [1.82, 2.24) is 4.57 Å². The van der Waals surface area contributed by atoms with Crippen LogP contribution < -0.4 is 5.73 Å². The number of aromatic nitrogens is 1. The second kappa shape index (κ2) is 9.70. The van der Waals surface area contributed by atoms with Crippen LogP contribution in [0.1, 0.15) is 5.56 Å². The first-order valence-electron chi connectivity index (χ1n) is 6.62. The van der Waals surface area contributed by atoms with E-state index in [1.165, 1.54) is 0 Å². The monoisotopic (exact) mass is 354 g/mol. The molecule has 10 nitrogen and oxygen atoms in total. The molecular formula is C15H18N2O8. The van der Waals surface area contributed by atoms with E-state index in [0.29, 0.717) is 5.69 Å². The van der Waals surface area contributed by atoms with Crippen molar-refractivity contribution in [1.29, 1.82) is 0 Å². The number of carboxylic acid groups (broad SMARTS) is 3. The van der Waals surface area contributed by atoms with E-state index in [2.05, 4.69) is 0 Å². The second-order valence-electron chi connectivity index (χ2n) is 4.67. The zero-order valence-electron chi connectivity index (χ0n) is 12.9. The third-order valence-corrected chi connectivity index (χ3v) is 2.88. The van der Waals surface area contributed by atoms with Gasteiger partial charge < -0.3 is 36.2 Å². The summed E-state index contributed by atoms with van der Waals surface area (Å²) < 4.78 is 1.76. The Labute approximate surface area is 141 Å². The topological polar surface area (TPSA) is 195 Å². The molecule has 8 N–H and O–H groups in total. The van der Waals surface area contributed by atoms with Gasteiger partial charge in [0.1, 0.15) is 11.8 Å². The molecule has 1 atom stereocenters. The Hall–Kier alpha value is -3.37. The summed E-state index contributed by atoms with van der Waals surface area (Å²) in [7, 11) is 0. The van der Waals surface area contributed by atoms with Gasteiger partial charge in [-0.15, -0.1) is 0 Å². The minimum Gasteiger partial charge on any atom is -0.506 e. The van der Waals surface area contributed by atoms with Crippen molar-refractivity contribution in [2.24, 2.45) is 5.73 Å². The smallest absolute Gasteiger partial charge is 0.414 e. The quantitative estimate of drug-likeness (QED) is 0.451. The molecule has 0 bridgehead atoms. The Bertz CT molecular complexity index is 715. The van der Waals surface area contributed by atoms with E-state index in [-0.39, 0.29) is 17.6 Å². The van der Waals surface area contributed by atoms with Crippen molar-refractivity contribution < 1.29 is 40.3 Å². The van der Waals surface area contributed by atoms with E-state index in [4.69, 9.17) is 30.6 Å². The van der Waals surface area contributed by atoms with Gasteiger partial charge in [-0.1, -0.05) is 6.07 Å². The van der Waals surface area contributed by atoms with Gasteiger partial charge in [0, 0.05) is 12.4 Å². The lowest BCUT2D eigenvalue weighted by Crippen LogP contribution is -2.32. The normalized spacial score (nSPS) is 10.6. The van der Waals surface area contributed by atoms with Crippen molar-refractivity contribution in [2.45, 2.75) is 12.5 Å².